The third kappa shape index (κ3) is 2.52. The molecule has 0 saturated carbocycles. The Hall–Kier alpha value is -1.35. The molecule has 98 valence electrons. The monoisotopic (exact) mass is 272 g/mol. The largest absolute Gasteiger partial charge is 0.329 e. The highest BCUT2D eigenvalue weighted by Gasteiger charge is 2.28. The van der Waals surface area contributed by atoms with Crippen molar-refractivity contribution in [2.45, 2.75) is 19.1 Å². The molecule has 0 amide bonds. The fourth-order valence-electron chi connectivity index (χ4n) is 2.80. The number of hydrogen-bond acceptors (Lipinski definition) is 2. The van der Waals surface area contributed by atoms with E-state index < -0.39 is 0 Å². The third-order valence-electron chi connectivity index (χ3n) is 3.75. The predicted octanol–water partition coefficient (Wildman–Crippen LogP) is 3.36. The van der Waals surface area contributed by atoms with Crippen LogP contribution in [0.2, 0.25) is 5.02 Å². The molecule has 2 N–H and O–H groups in total. The van der Waals surface area contributed by atoms with Gasteiger partial charge < -0.3 is 5.73 Å². The lowest BCUT2D eigenvalue weighted by Gasteiger charge is -2.23. The van der Waals surface area contributed by atoms with E-state index in [2.05, 4.69) is 41.3 Å². The lowest BCUT2D eigenvalue weighted by Crippen LogP contribution is -2.27. The average Bonchev–Trinajstić information content (AvgIpc) is 2.78. The molecule has 2 aromatic carbocycles. The quantitative estimate of drug-likeness (QED) is 0.928. The first-order valence-electron chi connectivity index (χ1n) is 6.54. The molecule has 3 rings (SSSR count). The molecule has 0 radical (unpaired) electrons. The zero-order valence-electron chi connectivity index (χ0n) is 10.7. The van der Waals surface area contributed by atoms with E-state index >= 15 is 0 Å². The summed E-state index contributed by atoms with van der Waals surface area (Å²) in [4.78, 5) is 2.42. The molecule has 2 aromatic rings. The van der Waals surface area contributed by atoms with Crippen molar-refractivity contribution in [3.8, 4) is 0 Å². The van der Waals surface area contributed by atoms with Crippen LogP contribution in [0.3, 0.4) is 0 Å². The van der Waals surface area contributed by atoms with Crippen molar-refractivity contribution in [1.82, 2.24) is 4.90 Å². The third-order valence-corrected chi connectivity index (χ3v) is 4.00. The van der Waals surface area contributed by atoms with E-state index in [9.17, 15) is 0 Å². The van der Waals surface area contributed by atoms with Crippen LogP contribution >= 0.6 is 11.6 Å². The van der Waals surface area contributed by atoms with E-state index in [4.69, 9.17) is 17.3 Å². The van der Waals surface area contributed by atoms with Gasteiger partial charge in [-0.3, -0.25) is 4.90 Å². The van der Waals surface area contributed by atoms with Gasteiger partial charge >= 0.3 is 0 Å². The lowest BCUT2D eigenvalue weighted by molar-refractivity contribution is 0.211. The molecule has 1 aliphatic rings. The van der Waals surface area contributed by atoms with Crippen molar-refractivity contribution in [3.63, 3.8) is 0 Å². The standard InChI is InChI=1S/C16H17ClN2/c17-14-7-5-12(6-8-14)10-19-11-13-3-1-2-4-15(13)16(19)9-18/h1-8,16H,9-11,18H2. The number of nitrogens with zero attached hydrogens (tertiary/aromatic N) is 1. The first-order valence-corrected chi connectivity index (χ1v) is 6.92. The van der Waals surface area contributed by atoms with Gasteiger partial charge in [0.25, 0.3) is 0 Å². The maximum atomic E-state index is 5.95. The van der Waals surface area contributed by atoms with Gasteiger partial charge in [0.1, 0.15) is 0 Å². The smallest absolute Gasteiger partial charge is 0.0480 e. The van der Waals surface area contributed by atoms with Crippen LogP contribution in [-0.4, -0.2) is 11.4 Å². The second-order valence-corrected chi connectivity index (χ2v) is 5.42. The Morgan fingerprint density at radius 1 is 1.11 bits per heavy atom. The van der Waals surface area contributed by atoms with Crippen LogP contribution in [0, 0.1) is 0 Å². The zero-order chi connectivity index (χ0) is 13.2. The van der Waals surface area contributed by atoms with Crippen molar-refractivity contribution < 1.29 is 0 Å². The van der Waals surface area contributed by atoms with Gasteiger partial charge in [-0.15, -0.1) is 0 Å². The van der Waals surface area contributed by atoms with Crippen LogP contribution in [0.1, 0.15) is 22.7 Å². The number of nitrogens with two attached hydrogens (primary N) is 1. The summed E-state index contributed by atoms with van der Waals surface area (Å²) in [5.41, 5.74) is 10.00. The van der Waals surface area contributed by atoms with E-state index in [0.717, 1.165) is 18.1 Å². The normalized spacial score (nSPS) is 18.5. The second-order valence-electron chi connectivity index (χ2n) is 4.98. The number of fused-ring (bicyclic) bond motifs is 1. The summed E-state index contributed by atoms with van der Waals surface area (Å²) in [5.74, 6) is 0. The van der Waals surface area contributed by atoms with E-state index in [0.29, 0.717) is 12.6 Å². The van der Waals surface area contributed by atoms with E-state index in [-0.39, 0.29) is 0 Å². The van der Waals surface area contributed by atoms with Gasteiger partial charge in [0, 0.05) is 30.7 Å². The van der Waals surface area contributed by atoms with Crippen molar-refractivity contribution >= 4 is 11.6 Å². The molecule has 0 bridgehead atoms. The molecule has 0 fully saturated rings. The van der Waals surface area contributed by atoms with Gasteiger partial charge in [0.15, 0.2) is 0 Å². The number of hydrogen-bond donors (Lipinski definition) is 1. The summed E-state index contributed by atoms with van der Waals surface area (Å²) < 4.78 is 0. The summed E-state index contributed by atoms with van der Waals surface area (Å²) in [5, 5.41) is 0.781. The van der Waals surface area contributed by atoms with Crippen LogP contribution in [0.25, 0.3) is 0 Å². The minimum atomic E-state index is 0.326. The van der Waals surface area contributed by atoms with Crippen molar-refractivity contribution in [2.75, 3.05) is 6.54 Å². The first kappa shape index (κ1) is 12.7. The van der Waals surface area contributed by atoms with E-state index in [1.165, 1.54) is 16.7 Å². The van der Waals surface area contributed by atoms with Crippen molar-refractivity contribution in [2.24, 2.45) is 5.73 Å². The molecule has 2 nitrogen and oxygen atoms in total. The molecule has 19 heavy (non-hydrogen) atoms. The van der Waals surface area contributed by atoms with Gasteiger partial charge in [0.05, 0.1) is 0 Å². The summed E-state index contributed by atoms with van der Waals surface area (Å²) in [7, 11) is 0. The molecular formula is C16H17ClN2. The Bertz CT molecular complexity index is 565. The van der Waals surface area contributed by atoms with Gasteiger partial charge in [-0.2, -0.15) is 0 Å². The number of halogens is 1. The maximum absolute atomic E-state index is 5.95. The van der Waals surface area contributed by atoms with Crippen molar-refractivity contribution in [3.05, 3.63) is 70.2 Å². The summed E-state index contributed by atoms with van der Waals surface area (Å²) in [6.45, 7) is 2.54. The molecular weight excluding hydrogens is 256 g/mol. The van der Waals surface area contributed by atoms with Gasteiger partial charge in [0.2, 0.25) is 0 Å². The Kier molecular flexibility index (Phi) is 3.56. The lowest BCUT2D eigenvalue weighted by atomic mass is 10.1. The van der Waals surface area contributed by atoms with E-state index in [1.807, 2.05) is 12.1 Å². The molecule has 0 aromatic heterocycles. The zero-order valence-corrected chi connectivity index (χ0v) is 11.5. The molecule has 0 aliphatic carbocycles. The van der Waals surface area contributed by atoms with Gasteiger partial charge in [-0.1, -0.05) is 48.0 Å². The fourth-order valence-corrected chi connectivity index (χ4v) is 2.92. The topological polar surface area (TPSA) is 29.3 Å². The van der Waals surface area contributed by atoms with Gasteiger partial charge in [-0.05, 0) is 28.8 Å². The molecule has 3 heteroatoms. The summed E-state index contributed by atoms with van der Waals surface area (Å²) >= 11 is 5.92. The second kappa shape index (κ2) is 5.33. The minimum absolute atomic E-state index is 0.326. The van der Waals surface area contributed by atoms with Crippen LogP contribution in [0.15, 0.2) is 48.5 Å². The molecule has 1 atom stereocenters. The van der Waals surface area contributed by atoms with Crippen molar-refractivity contribution in [1.29, 1.82) is 0 Å². The fraction of sp³-hybridized carbons (Fsp3) is 0.250. The predicted molar refractivity (Wildman–Crippen MR) is 78.9 cm³/mol. The highest BCUT2D eigenvalue weighted by atomic mass is 35.5. The SMILES string of the molecule is NCC1c2ccccc2CN1Cc1ccc(Cl)cc1. The average molecular weight is 273 g/mol. The van der Waals surface area contributed by atoms with E-state index in [1.54, 1.807) is 0 Å². The summed E-state index contributed by atoms with van der Waals surface area (Å²) in [6.07, 6.45) is 0. The van der Waals surface area contributed by atoms with Crippen LogP contribution in [0.4, 0.5) is 0 Å². The molecule has 0 spiro atoms. The highest BCUT2D eigenvalue weighted by molar-refractivity contribution is 6.30. The molecule has 1 unspecified atom stereocenters. The minimum Gasteiger partial charge on any atom is -0.329 e. The molecule has 1 heterocycles. The Balaban J connectivity index is 1.81. The van der Waals surface area contributed by atoms with Crippen LogP contribution in [0.5, 0.6) is 0 Å². The van der Waals surface area contributed by atoms with Gasteiger partial charge in [-0.25, -0.2) is 0 Å². The Morgan fingerprint density at radius 3 is 2.58 bits per heavy atom. The molecule has 1 aliphatic heterocycles. The Labute approximate surface area is 118 Å². The highest BCUT2D eigenvalue weighted by Crippen LogP contribution is 2.33. The summed E-state index contributed by atoms with van der Waals surface area (Å²) in [6, 6.07) is 16.9. The van der Waals surface area contributed by atoms with Crippen LogP contribution < -0.4 is 5.73 Å². The number of rotatable bonds is 3. The maximum Gasteiger partial charge on any atom is 0.0480 e. The van der Waals surface area contributed by atoms with Crippen LogP contribution in [-0.2, 0) is 13.1 Å². The first-order chi connectivity index (χ1) is 9.28. The Morgan fingerprint density at radius 2 is 1.84 bits per heavy atom. The number of benzene rings is 2. The molecule has 0 saturated heterocycles.